The number of hydrogen-bond donors (Lipinski definition) is 3. The maximum absolute atomic E-state index is 11.9. The van der Waals surface area contributed by atoms with Crippen LogP contribution < -0.4 is 9.44 Å². The predicted molar refractivity (Wildman–Crippen MR) is 77.1 cm³/mol. The fourth-order valence-electron chi connectivity index (χ4n) is 1.37. The molecule has 1 aromatic rings. The zero-order valence-electron chi connectivity index (χ0n) is 11.6. The summed E-state index contributed by atoms with van der Waals surface area (Å²) in [7, 11) is -6.67. The number of benzene rings is 1. The van der Waals surface area contributed by atoms with Crippen molar-refractivity contribution in [3.63, 3.8) is 0 Å². The Morgan fingerprint density at radius 3 is 2.29 bits per heavy atom. The van der Waals surface area contributed by atoms with Crippen LogP contribution in [0.2, 0.25) is 0 Å². The second kappa shape index (κ2) is 6.00. The second-order valence-electron chi connectivity index (χ2n) is 4.31. The number of hydrogen-bond acceptors (Lipinski definition) is 5. The van der Waals surface area contributed by atoms with Gasteiger partial charge in [-0.3, -0.25) is 9.52 Å². The van der Waals surface area contributed by atoms with Gasteiger partial charge in [0.2, 0.25) is 20.0 Å². The van der Waals surface area contributed by atoms with E-state index in [0.29, 0.717) is 5.56 Å². The monoisotopic (exact) mass is 336 g/mol. The average Bonchev–Trinajstić information content (AvgIpc) is 2.39. The van der Waals surface area contributed by atoms with Crippen LogP contribution in [0.1, 0.15) is 12.5 Å². The third kappa shape index (κ3) is 3.93. The van der Waals surface area contributed by atoms with Crippen molar-refractivity contribution >= 4 is 31.7 Å². The second-order valence-corrected chi connectivity index (χ2v) is 8.20. The summed E-state index contributed by atoms with van der Waals surface area (Å²) in [6, 6.07) is 3.88. The standard InChI is InChI=1S/C11H16N2O6S2/c1-7-4-5-9(21(18,19)12-3)6-10(7)13-20(16,17)8(2)11(14)15/h4-6,8,12-13H,1-3H3,(H,14,15). The SMILES string of the molecule is CNS(=O)(=O)c1ccc(C)c(NS(=O)(=O)C(C)C(=O)O)c1. The maximum Gasteiger partial charge on any atom is 0.323 e. The Labute approximate surface area is 123 Å². The molecule has 0 aliphatic carbocycles. The van der Waals surface area contributed by atoms with Gasteiger partial charge in [0, 0.05) is 0 Å². The van der Waals surface area contributed by atoms with Crippen LogP contribution in [-0.2, 0) is 24.8 Å². The van der Waals surface area contributed by atoms with Gasteiger partial charge in [-0.2, -0.15) is 0 Å². The molecule has 3 N–H and O–H groups in total. The number of rotatable bonds is 6. The molecule has 1 aromatic carbocycles. The van der Waals surface area contributed by atoms with Crippen LogP contribution in [0.25, 0.3) is 0 Å². The molecule has 0 aliphatic rings. The zero-order chi connectivity index (χ0) is 16.4. The van der Waals surface area contributed by atoms with Gasteiger partial charge in [-0.25, -0.2) is 21.6 Å². The van der Waals surface area contributed by atoms with Crippen LogP contribution in [0.3, 0.4) is 0 Å². The lowest BCUT2D eigenvalue weighted by molar-refractivity contribution is -0.136. The van der Waals surface area contributed by atoms with E-state index < -0.39 is 31.3 Å². The highest BCUT2D eigenvalue weighted by Crippen LogP contribution is 2.22. The molecule has 118 valence electrons. The van der Waals surface area contributed by atoms with Crippen molar-refractivity contribution in [2.24, 2.45) is 0 Å². The quantitative estimate of drug-likeness (QED) is 0.676. The van der Waals surface area contributed by atoms with Gasteiger partial charge in [0.25, 0.3) is 0 Å². The summed E-state index contributed by atoms with van der Waals surface area (Å²) in [5.41, 5.74) is 0.477. The normalized spacial score (nSPS) is 13.7. The van der Waals surface area contributed by atoms with Gasteiger partial charge < -0.3 is 5.11 Å². The number of sulfonamides is 2. The number of carboxylic acids is 1. The van der Waals surface area contributed by atoms with Gasteiger partial charge in [0.1, 0.15) is 0 Å². The minimum absolute atomic E-state index is 0.0134. The van der Waals surface area contributed by atoms with E-state index >= 15 is 0 Å². The molecule has 8 nitrogen and oxygen atoms in total. The molecule has 1 atom stereocenters. The molecular weight excluding hydrogens is 320 g/mol. The summed E-state index contributed by atoms with van der Waals surface area (Å²) >= 11 is 0. The molecule has 1 unspecified atom stereocenters. The molecule has 10 heteroatoms. The van der Waals surface area contributed by atoms with Gasteiger partial charge in [-0.15, -0.1) is 0 Å². The summed E-state index contributed by atoms with van der Waals surface area (Å²) < 4.78 is 51.3. The molecule has 21 heavy (non-hydrogen) atoms. The Balaban J connectivity index is 3.27. The lowest BCUT2D eigenvalue weighted by atomic mass is 10.2. The highest BCUT2D eigenvalue weighted by molar-refractivity contribution is 7.94. The van der Waals surface area contributed by atoms with Crippen LogP contribution in [0.4, 0.5) is 5.69 Å². The lowest BCUT2D eigenvalue weighted by Crippen LogP contribution is -2.32. The Kier molecular flexibility index (Phi) is 4.97. The summed E-state index contributed by atoms with van der Waals surface area (Å²) in [6.45, 7) is 2.59. The van der Waals surface area contributed by atoms with Crippen molar-refractivity contribution in [1.82, 2.24) is 4.72 Å². The molecule has 0 saturated heterocycles. The molecule has 0 radical (unpaired) electrons. The van der Waals surface area contributed by atoms with E-state index in [-0.39, 0.29) is 10.6 Å². The largest absolute Gasteiger partial charge is 0.480 e. The molecule has 0 fully saturated rings. The highest BCUT2D eigenvalue weighted by atomic mass is 32.2. The first kappa shape index (κ1) is 17.4. The topological polar surface area (TPSA) is 130 Å². The number of carbonyl (C=O) groups is 1. The Hall–Kier alpha value is -1.65. The van der Waals surface area contributed by atoms with Crippen molar-refractivity contribution in [3.05, 3.63) is 23.8 Å². The summed E-state index contributed by atoms with van der Waals surface area (Å²) in [6.07, 6.45) is 0. The van der Waals surface area contributed by atoms with E-state index in [9.17, 15) is 21.6 Å². The Morgan fingerprint density at radius 1 is 1.24 bits per heavy atom. The Bertz CT molecular complexity index is 755. The molecular formula is C11H16N2O6S2. The lowest BCUT2D eigenvalue weighted by Gasteiger charge is -2.14. The number of aliphatic carboxylic acids is 1. The van der Waals surface area contributed by atoms with E-state index in [0.717, 1.165) is 13.0 Å². The average molecular weight is 336 g/mol. The molecule has 0 amide bonds. The van der Waals surface area contributed by atoms with Crippen LogP contribution in [0.15, 0.2) is 23.1 Å². The van der Waals surface area contributed by atoms with Crippen molar-refractivity contribution in [2.75, 3.05) is 11.8 Å². The van der Waals surface area contributed by atoms with E-state index in [1.54, 1.807) is 6.92 Å². The van der Waals surface area contributed by atoms with Gasteiger partial charge in [0.15, 0.2) is 5.25 Å². The van der Waals surface area contributed by atoms with Gasteiger partial charge in [0.05, 0.1) is 10.6 Å². The molecule has 0 aromatic heterocycles. The molecule has 0 heterocycles. The van der Waals surface area contributed by atoms with E-state index in [2.05, 4.69) is 9.44 Å². The van der Waals surface area contributed by atoms with E-state index in [4.69, 9.17) is 5.11 Å². The van der Waals surface area contributed by atoms with Crippen molar-refractivity contribution in [2.45, 2.75) is 24.0 Å². The van der Waals surface area contributed by atoms with Crippen molar-refractivity contribution < 1.29 is 26.7 Å². The Morgan fingerprint density at radius 2 is 1.81 bits per heavy atom. The number of nitrogens with one attached hydrogen (secondary N) is 2. The summed E-state index contributed by atoms with van der Waals surface area (Å²) in [4.78, 5) is 10.6. The minimum Gasteiger partial charge on any atom is -0.480 e. The van der Waals surface area contributed by atoms with Crippen LogP contribution in [0, 0.1) is 6.92 Å². The first-order chi connectivity index (χ1) is 9.51. The third-order valence-electron chi connectivity index (χ3n) is 2.85. The van der Waals surface area contributed by atoms with Crippen LogP contribution in [0.5, 0.6) is 0 Å². The van der Waals surface area contributed by atoms with Crippen LogP contribution >= 0.6 is 0 Å². The highest BCUT2D eigenvalue weighted by Gasteiger charge is 2.28. The van der Waals surface area contributed by atoms with Crippen LogP contribution in [-0.4, -0.2) is 40.2 Å². The fourth-order valence-corrected chi connectivity index (χ4v) is 3.10. The van der Waals surface area contributed by atoms with Gasteiger partial charge >= 0.3 is 5.97 Å². The number of anilines is 1. The third-order valence-corrected chi connectivity index (χ3v) is 5.90. The summed E-state index contributed by atoms with van der Waals surface area (Å²) in [5, 5.41) is 7.10. The van der Waals surface area contributed by atoms with Crippen molar-refractivity contribution in [3.8, 4) is 0 Å². The molecule has 0 bridgehead atoms. The fraction of sp³-hybridized carbons (Fsp3) is 0.364. The molecule has 1 rings (SSSR count). The molecule has 0 aliphatic heterocycles. The predicted octanol–water partition coefficient (Wildman–Crippen LogP) is 0.118. The first-order valence-electron chi connectivity index (χ1n) is 5.80. The van der Waals surface area contributed by atoms with Crippen molar-refractivity contribution in [1.29, 1.82) is 0 Å². The summed E-state index contributed by atoms with van der Waals surface area (Å²) in [5.74, 6) is -1.50. The smallest absolute Gasteiger partial charge is 0.323 e. The maximum atomic E-state index is 11.9. The molecule has 0 spiro atoms. The van der Waals surface area contributed by atoms with E-state index in [1.807, 2.05) is 0 Å². The number of carboxylic acid groups (broad SMARTS) is 1. The first-order valence-corrected chi connectivity index (χ1v) is 8.83. The van der Waals surface area contributed by atoms with Gasteiger partial charge in [-0.05, 0) is 38.6 Å². The number of aryl methyl sites for hydroxylation is 1. The van der Waals surface area contributed by atoms with E-state index in [1.165, 1.54) is 19.2 Å². The van der Waals surface area contributed by atoms with Gasteiger partial charge in [-0.1, -0.05) is 6.07 Å². The minimum atomic E-state index is -4.17. The molecule has 0 saturated carbocycles. The zero-order valence-corrected chi connectivity index (χ0v) is 13.2.